The second-order valence-electron chi connectivity index (χ2n) is 5.36. The molecule has 1 rings (SSSR count). The molecule has 1 unspecified atom stereocenters. The van der Waals surface area contributed by atoms with Gasteiger partial charge in [-0.3, -0.25) is 4.79 Å². The van der Waals surface area contributed by atoms with Gasteiger partial charge in [0.2, 0.25) is 0 Å². The zero-order valence-electron chi connectivity index (χ0n) is 12.5. The molecule has 0 spiro atoms. The van der Waals surface area contributed by atoms with Crippen molar-refractivity contribution in [2.24, 2.45) is 0 Å². The molecule has 0 saturated heterocycles. The average Bonchev–Trinajstić information content (AvgIpc) is 2.35. The highest BCUT2D eigenvalue weighted by Crippen LogP contribution is 2.40. The van der Waals surface area contributed by atoms with E-state index < -0.39 is 17.6 Å². The fraction of sp³-hybridized carbons (Fsp3) is 0.533. The molecule has 20 heavy (non-hydrogen) atoms. The van der Waals surface area contributed by atoms with Gasteiger partial charge in [-0.05, 0) is 30.2 Å². The largest absolute Gasteiger partial charge is 0.493 e. The Labute approximate surface area is 118 Å². The maximum Gasteiger partial charge on any atom is 0.304 e. The summed E-state index contributed by atoms with van der Waals surface area (Å²) in [5.41, 5.74) is 0.336. The molecule has 0 aliphatic carbocycles. The summed E-state index contributed by atoms with van der Waals surface area (Å²) in [6, 6.07) is 3.23. The average molecular weight is 284 g/mol. The van der Waals surface area contributed by atoms with Crippen LogP contribution in [0.25, 0.3) is 0 Å². The van der Waals surface area contributed by atoms with Crippen LogP contribution in [-0.2, 0) is 10.2 Å². The van der Waals surface area contributed by atoms with E-state index in [-0.39, 0.29) is 6.42 Å². The van der Waals surface area contributed by atoms with E-state index in [1.165, 1.54) is 21.1 Å². The standard InChI is InChI=1S/C15H21FO4/c1-9(16)10-6-12(19-4)13(20-5)7-11(10)15(2,3)8-14(17)18/h6-7,9H,8H2,1-5H3,(H,17,18). The first kappa shape index (κ1) is 16.3. The predicted molar refractivity (Wildman–Crippen MR) is 74.3 cm³/mol. The highest BCUT2D eigenvalue weighted by atomic mass is 19.1. The summed E-state index contributed by atoms with van der Waals surface area (Å²) in [6.45, 7) is 4.96. The summed E-state index contributed by atoms with van der Waals surface area (Å²) in [7, 11) is 2.97. The molecule has 112 valence electrons. The van der Waals surface area contributed by atoms with Crippen molar-refractivity contribution < 1.29 is 23.8 Å². The van der Waals surface area contributed by atoms with Crippen LogP contribution in [0.1, 0.15) is 44.5 Å². The summed E-state index contributed by atoms with van der Waals surface area (Å²) < 4.78 is 24.3. The van der Waals surface area contributed by atoms with Crippen molar-refractivity contribution in [3.63, 3.8) is 0 Å². The Morgan fingerprint density at radius 3 is 2.20 bits per heavy atom. The van der Waals surface area contributed by atoms with Crippen LogP contribution in [0, 0.1) is 0 Å². The molecule has 0 bridgehead atoms. The molecule has 0 aromatic heterocycles. The lowest BCUT2D eigenvalue weighted by Crippen LogP contribution is -2.23. The third-order valence-corrected chi connectivity index (χ3v) is 3.31. The van der Waals surface area contributed by atoms with E-state index in [9.17, 15) is 9.18 Å². The van der Waals surface area contributed by atoms with Crippen LogP contribution in [-0.4, -0.2) is 25.3 Å². The molecule has 1 atom stereocenters. The number of ether oxygens (including phenoxy) is 2. The van der Waals surface area contributed by atoms with Crippen molar-refractivity contribution in [2.45, 2.75) is 38.8 Å². The molecule has 5 heteroatoms. The minimum atomic E-state index is -1.22. The van der Waals surface area contributed by atoms with Gasteiger partial charge in [-0.15, -0.1) is 0 Å². The van der Waals surface area contributed by atoms with E-state index in [0.29, 0.717) is 22.6 Å². The number of rotatable bonds is 6. The summed E-state index contributed by atoms with van der Waals surface area (Å²) in [4.78, 5) is 11.0. The van der Waals surface area contributed by atoms with Gasteiger partial charge in [0.05, 0.1) is 20.6 Å². The van der Waals surface area contributed by atoms with Gasteiger partial charge in [-0.1, -0.05) is 13.8 Å². The second-order valence-corrected chi connectivity index (χ2v) is 5.36. The fourth-order valence-electron chi connectivity index (χ4n) is 2.28. The summed E-state index contributed by atoms with van der Waals surface area (Å²) >= 11 is 0. The van der Waals surface area contributed by atoms with Gasteiger partial charge >= 0.3 is 5.97 Å². The molecule has 1 aromatic rings. The lowest BCUT2D eigenvalue weighted by Gasteiger charge is -2.28. The Bertz CT molecular complexity index is 495. The van der Waals surface area contributed by atoms with Crippen LogP contribution < -0.4 is 9.47 Å². The van der Waals surface area contributed by atoms with Crippen molar-refractivity contribution in [1.82, 2.24) is 0 Å². The number of alkyl halides is 1. The van der Waals surface area contributed by atoms with Gasteiger partial charge < -0.3 is 14.6 Å². The number of carboxylic acids is 1. The van der Waals surface area contributed by atoms with E-state index in [1.54, 1.807) is 26.0 Å². The number of hydrogen-bond donors (Lipinski definition) is 1. The molecule has 0 aliphatic rings. The van der Waals surface area contributed by atoms with Crippen molar-refractivity contribution >= 4 is 5.97 Å². The first-order valence-corrected chi connectivity index (χ1v) is 6.35. The van der Waals surface area contributed by atoms with Gasteiger partial charge in [0.25, 0.3) is 0 Å². The van der Waals surface area contributed by atoms with E-state index in [2.05, 4.69) is 0 Å². The molecule has 1 N–H and O–H groups in total. The Morgan fingerprint density at radius 2 is 1.80 bits per heavy atom. The summed E-state index contributed by atoms with van der Waals surface area (Å²) in [6.07, 6.45) is -1.32. The third-order valence-electron chi connectivity index (χ3n) is 3.31. The molecule has 0 amide bonds. The smallest absolute Gasteiger partial charge is 0.304 e. The third kappa shape index (κ3) is 3.40. The monoisotopic (exact) mass is 284 g/mol. The van der Waals surface area contributed by atoms with Gasteiger partial charge in [0.15, 0.2) is 11.5 Å². The summed E-state index contributed by atoms with van der Waals surface area (Å²) in [5, 5.41) is 9.02. The van der Waals surface area contributed by atoms with E-state index >= 15 is 0 Å². The first-order valence-electron chi connectivity index (χ1n) is 6.35. The van der Waals surface area contributed by atoms with E-state index in [0.717, 1.165) is 0 Å². The Hall–Kier alpha value is -1.78. The highest BCUT2D eigenvalue weighted by molar-refractivity contribution is 5.69. The van der Waals surface area contributed by atoms with Crippen LogP contribution in [0.2, 0.25) is 0 Å². The topological polar surface area (TPSA) is 55.8 Å². The van der Waals surface area contributed by atoms with Crippen LogP contribution in [0.5, 0.6) is 11.5 Å². The molecule has 0 fully saturated rings. The molecule has 1 aromatic carbocycles. The van der Waals surface area contributed by atoms with Crippen LogP contribution in [0.4, 0.5) is 4.39 Å². The van der Waals surface area contributed by atoms with E-state index in [4.69, 9.17) is 14.6 Å². The molecular weight excluding hydrogens is 263 g/mol. The quantitative estimate of drug-likeness (QED) is 0.868. The number of halogens is 1. The number of methoxy groups -OCH3 is 2. The second kappa shape index (κ2) is 6.11. The van der Waals surface area contributed by atoms with Gasteiger partial charge in [-0.2, -0.15) is 0 Å². The lowest BCUT2D eigenvalue weighted by atomic mass is 9.78. The molecule has 0 saturated carbocycles. The van der Waals surface area contributed by atoms with Crippen molar-refractivity contribution in [3.8, 4) is 11.5 Å². The number of aliphatic carboxylic acids is 1. The lowest BCUT2D eigenvalue weighted by molar-refractivity contribution is -0.138. The van der Waals surface area contributed by atoms with Crippen molar-refractivity contribution in [3.05, 3.63) is 23.3 Å². The Balaban J connectivity index is 3.46. The molecule has 4 nitrogen and oxygen atoms in total. The predicted octanol–water partition coefficient (Wildman–Crippen LogP) is 3.49. The first-order chi connectivity index (χ1) is 9.22. The van der Waals surface area contributed by atoms with Crippen molar-refractivity contribution in [1.29, 1.82) is 0 Å². The molecule has 0 heterocycles. The van der Waals surface area contributed by atoms with Crippen LogP contribution in [0.15, 0.2) is 12.1 Å². The van der Waals surface area contributed by atoms with Gasteiger partial charge in [0, 0.05) is 5.41 Å². The minimum Gasteiger partial charge on any atom is -0.493 e. The molecule has 0 aliphatic heterocycles. The van der Waals surface area contributed by atoms with Crippen LogP contribution in [0.3, 0.4) is 0 Å². The zero-order chi connectivity index (χ0) is 15.5. The SMILES string of the molecule is COc1cc(C(C)F)c(C(C)(C)CC(=O)O)cc1OC. The maximum absolute atomic E-state index is 13.9. The van der Waals surface area contributed by atoms with Crippen molar-refractivity contribution in [2.75, 3.05) is 14.2 Å². The van der Waals surface area contributed by atoms with Gasteiger partial charge in [0.1, 0.15) is 6.17 Å². The van der Waals surface area contributed by atoms with Gasteiger partial charge in [-0.25, -0.2) is 4.39 Å². The maximum atomic E-state index is 13.9. The number of benzene rings is 1. The normalized spacial score (nSPS) is 12.9. The molecular formula is C15H21FO4. The van der Waals surface area contributed by atoms with Crippen LogP contribution >= 0.6 is 0 Å². The molecule has 0 radical (unpaired) electrons. The Morgan fingerprint density at radius 1 is 1.30 bits per heavy atom. The highest BCUT2D eigenvalue weighted by Gasteiger charge is 2.30. The number of carboxylic acid groups (broad SMARTS) is 1. The summed E-state index contributed by atoms with van der Waals surface area (Å²) in [5.74, 6) is -0.0329. The number of carbonyl (C=O) groups is 1. The number of hydrogen-bond acceptors (Lipinski definition) is 3. The fourth-order valence-corrected chi connectivity index (χ4v) is 2.28. The minimum absolute atomic E-state index is 0.0950. The Kier molecular flexibility index (Phi) is 4.98. The van der Waals surface area contributed by atoms with E-state index in [1.807, 2.05) is 0 Å². The zero-order valence-corrected chi connectivity index (χ0v) is 12.5.